The van der Waals surface area contributed by atoms with E-state index in [1.807, 2.05) is 0 Å². The van der Waals surface area contributed by atoms with Crippen LogP contribution in [-0.4, -0.2) is 20.3 Å². The molecule has 98 valence electrons. The summed E-state index contributed by atoms with van der Waals surface area (Å²) in [7, 11) is 1.50. The van der Waals surface area contributed by atoms with E-state index >= 15 is 0 Å². The van der Waals surface area contributed by atoms with Crippen LogP contribution in [0.25, 0.3) is 0 Å². The standard InChI is InChI=1S/C11H10BrF3N2O/c1-18-3-2-17-10-5-8(11(13,14)15)7(6-16)4-9(10)12/h4-5,17H,2-3H2,1H3. The summed E-state index contributed by atoms with van der Waals surface area (Å²) in [4.78, 5) is 0. The third-order valence-electron chi connectivity index (χ3n) is 2.15. The normalized spacial score (nSPS) is 11.1. The van der Waals surface area contributed by atoms with Crippen molar-refractivity contribution in [3.05, 3.63) is 27.7 Å². The molecule has 0 radical (unpaired) electrons. The van der Waals surface area contributed by atoms with E-state index in [4.69, 9.17) is 10.00 Å². The Balaban J connectivity index is 3.11. The number of alkyl halides is 3. The van der Waals surface area contributed by atoms with E-state index in [0.29, 0.717) is 17.6 Å². The number of rotatable bonds is 4. The van der Waals surface area contributed by atoms with Crippen molar-refractivity contribution in [3.8, 4) is 6.07 Å². The van der Waals surface area contributed by atoms with Crippen molar-refractivity contribution >= 4 is 21.6 Å². The van der Waals surface area contributed by atoms with Gasteiger partial charge in [-0.25, -0.2) is 0 Å². The molecule has 0 bridgehead atoms. The zero-order valence-electron chi connectivity index (χ0n) is 9.44. The number of ether oxygens (including phenoxy) is 1. The van der Waals surface area contributed by atoms with Crippen LogP contribution < -0.4 is 5.32 Å². The van der Waals surface area contributed by atoms with Gasteiger partial charge in [-0.2, -0.15) is 18.4 Å². The number of anilines is 1. The molecule has 0 aliphatic carbocycles. The van der Waals surface area contributed by atoms with E-state index in [1.54, 1.807) is 0 Å². The van der Waals surface area contributed by atoms with Gasteiger partial charge in [-0.05, 0) is 28.1 Å². The Hall–Kier alpha value is -1.26. The second-order valence-electron chi connectivity index (χ2n) is 3.41. The summed E-state index contributed by atoms with van der Waals surface area (Å²) in [6.07, 6.45) is -4.55. The molecule has 18 heavy (non-hydrogen) atoms. The quantitative estimate of drug-likeness (QED) is 0.864. The van der Waals surface area contributed by atoms with Crippen molar-refractivity contribution < 1.29 is 17.9 Å². The van der Waals surface area contributed by atoms with Crippen LogP contribution in [0, 0.1) is 11.3 Å². The number of nitrogens with zero attached hydrogens (tertiary/aromatic N) is 1. The summed E-state index contributed by atoms with van der Waals surface area (Å²) in [5, 5.41) is 11.5. The second-order valence-corrected chi connectivity index (χ2v) is 4.26. The first-order valence-corrected chi connectivity index (χ1v) is 5.73. The first kappa shape index (κ1) is 14.8. The number of methoxy groups -OCH3 is 1. The van der Waals surface area contributed by atoms with Crippen LogP contribution in [0.5, 0.6) is 0 Å². The highest BCUT2D eigenvalue weighted by Crippen LogP contribution is 2.36. The van der Waals surface area contributed by atoms with Crippen LogP contribution in [-0.2, 0) is 10.9 Å². The van der Waals surface area contributed by atoms with Crippen molar-refractivity contribution in [1.29, 1.82) is 5.26 Å². The zero-order chi connectivity index (χ0) is 13.8. The van der Waals surface area contributed by atoms with Gasteiger partial charge in [0.1, 0.15) is 0 Å². The Morgan fingerprint density at radius 2 is 2.11 bits per heavy atom. The molecular formula is C11H10BrF3N2O. The van der Waals surface area contributed by atoms with Crippen molar-refractivity contribution in [3.63, 3.8) is 0 Å². The maximum Gasteiger partial charge on any atom is 0.417 e. The van der Waals surface area contributed by atoms with E-state index in [1.165, 1.54) is 13.2 Å². The molecule has 0 atom stereocenters. The van der Waals surface area contributed by atoms with Gasteiger partial charge in [-0.15, -0.1) is 0 Å². The van der Waals surface area contributed by atoms with Gasteiger partial charge < -0.3 is 10.1 Å². The number of benzene rings is 1. The fourth-order valence-corrected chi connectivity index (χ4v) is 1.81. The molecule has 0 saturated carbocycles. The average molecular weight is 323 g/mol. The molecule has 0 aromatic heterocycles. The van der Waals surface area contributed by atoms with Crippen LogP contribution in [0.15, 0.2) is 16.6 Å². The highest BCUT2D eigenvalue weighted by Gasteiger charge is 2.34. The summed E-state index contributed by atoms with van der Waals surface area (Å²) < 4.78 is 43.3. The fraction of sp³-hybridized carbons (Fsp3) is 0.364. The average Bonchev–Trinajstić information content (AvgIpc) is 2.29. The molecular weight excluding hydrogens is 313 g/mol. The molecule has 3 nitrogen and oxygen atoms in total. The summed E-state index contributed by atoms with van der Waals surface area (Å²) in [5.41, 5.74) is -1.09. The third-order valence-corrected chi connectivity index (χ3v) is 2.81. The Kier molecular flexibility index (Phi) is 4.99. The van der Waals surface area contributed by atoms with Crippen molar-refractivity contribution in [2.75, 3.05) is 25.6 Å². The minimum absolute atomic E-state index is 0.276. The van der Waals surface area contributed by atoms with Gasteiger partial charge in [0.2, 0.25) is 0 Å². The van der Waals surface area contributed by atoms with E-state index in [0.717, 1.165) is 12.1 Å². The molecule has 1 rings (SSSR count). The molecule has 0 aliphatic heterocycles. The Labute approximate surface area is 111 Å². The SMILES string of the molecule is COCCNc1cc(C(F)(F)F)c(C#N)cc1Br. The number of nitrogens with one attached hydrogen (secondary N) is 1. The number of hydrogen-bond donors (Lipinski definition) is 1. The van der Waals surface area contributed by atoms with Crippen LogP contribution in [0.2, 0.25) is 0 Å². The lowest BCUT2D eigenvalue weighted by Crippen LogP contribution is -2.12. The Bertz CT molecular complexity index is 469. The monoisotopic (exact) mass is 322 g/mol. The smallest absolute Gasteiger partial charge is 0.383 e. The number of nitriles is 1. The van der Waals surface area contributed by atoms with Gasteiger partial charge in [-0.1, -0.05) is 0 Å². The maximum atomic E-state index is 12.7. The molecule has 1 aromatic rings. The zero-order valence-corrected chi connectivity index (χ0v) is 11.0. The predicted octanol–water partition coefficient (Wildman–Crippen LogP) is 3.40. The van der Waals surface area contributed by atoms with Gasteiger partial charge in [0.25, 0.3) is 0 Å². The topological polar surface area (TPSA) is 45.0 Å². The Morgan fingerprint density at radius 3 is 2.61 bits per heavy atom. The third kappa shape index (κ3) is 3.62. The van der Waals surface area contributed by atoms with Crippen LogP contribution >= 0.6 is 15.9 Å². The van der Waals surface area contributed by atoms with E-state index < -0.39 is 17.3 Å². The predicted molar refractivity (Wildman–Crippen MR) is 64.2 cm³/mol. The lowest BCUT2D eigenvalue weighted by molar-refractivity contribution is -0.137. The largest absolute Gasteiger partial charge is 0.417 e. The van der Waals surface area contributed by atoms with Gasteiger partial charge in [0, 0.05) is 23.8 Å². The van der Waals surface area contributed by atoms with Gasteiger partial charge in [0.15, 0.2) is 0 Å². The highest BCUT2D eigenvalue weighted by molar-refractivity contribution is 9.10. The fourth-order valence-electron chi connectivity index (χ4n) is 1.32. The van der Waals surface area contributed by atoms with Crippen LogP contribution in [0.3, 0.4) is 0 Å². The molecule has 1 N–H and O–H groups in total. The van der Waals surface area contributed by atoms with Crippen LogP contribution in [0.1, 0.15) is 11.1 Å². The van der Waals surface area contributed by atoms with Crippen molar-refractivity contribution in [2.45, 2.75) is 6.18 Å². The minimum atomic E-state index is -4.55. The molecule has 0 unspecified atom stereocenters. The lowest BCUT2D eigenvalue weighted by atomic mass is 10.1. The second kappa shape index (κ2) is 6.07. The molecule has 0 spiro atoms. The Morgan fingerprint density at radius 1 is 1.44 bits per heavy atom. The summed E-state index contributed by atoms with van der Waals surface area (Å²) in [6, 6.07) is 3.60. The van der Waals surface area contributed by atoms with Crippen molar-refractivity contribution in [2.24, 2.45) is 0 Å². The van der Waals surface area contributed by atoms with Gasteiger partial charge in [-0.3, -0.25) is 0 Å². The maximum absolute atomic E-state index is 12.7. The molecule has 0 aliphatic rings. The van der Waals surface area contributed by atoms with Gasteiger partial charge >= 0.3 is 6.18 Å². The summed E-state index contributed by atoms with van der Waals surface area (Å²) in [5.74, 6) is 0. The highest BCUT2D eigenvalue weighted by atomic mass is 79.9. The molecule has 7 heteroatoms. The number of hydrogen-bond acceptors (Lipinski definition) is 3. The summed E-state index contributed by atoms with van der Waals surface area (Å²) >= 11 is 3.12. The van der Waals surface area contributed by atoms with Crippen molar-refractivity contribution in [1.82, 2.24) is 0 Å². The number of halogens is 4. The van der Waals surface area contributed by atoms with E-state index in [9.17, 15) is 13.2 Å². The molecule has 1 aromatic carbocycles. The molecule has 0 heterocycles. The minimum Gasteiger partial charge on any atom is -0.383 e. The molecule has 0 fully saturated rings. The first-order chi connectivity index (χ1) is 8.40. The van der Waals surface area contributed by atoms with E-state index in [-0.39, 0.29) is 5.69 Å². The molecule has 0 amide bonds. The lowest BCUT2D eigenvalue weighted by Gasteiger charge is -2.14. The van der Waals surface area contributed by atoms with E-state index in [2.05, 4.69) is 21.2 Å². The molecule has 0 saturated heterocycles. The van der Waals surface area contributed by atoms with Crippen LogP contribution in [0.4, 0.5) is 18.9 Å². The van der Waals surface area contributed by atoms with Gasteiger partial charge in [0.05, 0.1) is 23.8 Å². The summed E-state index contributed by atoms with van der Waals surface area (Å²) in [6.45, 7) is 0.742. The first-order valence-electron chi connectivity index (χ1n) is 4.93.